The summed E-state index contributed by atoms with van der Waals surface area (Å²) in [6.45, 7) is 1.88. The van der Waals surface area contributed by atoms with Gasteiger partial charge in [-0.25, -0.2) is 12.8 Å². The Balaban J connectivity index is 1.95. The maximum Gasteiger partial charge on any atom is 0.183 e. The molecule has 112 valence electrons. The van der Waals surface area contributed by atoms with Crippen molar-refractivity contribution in [3.63, 3.8) is 0 Å². The Hall–Kier alpha value is -2.19. The highest BCUT2D eigenvalue weighted by Crippen LogP contribution is 2.53. The van der Waals surface area contributed by atoms with Gasteiger partial charge in [0.05, 0.1) is 22.1 Å². The lowest BCUT2D eigenvalue weighted by Crippen LogP contribution is -2.10. The summed E-state index contributed by atoms with van der Waals surface area (Å²) in [5, 5.41) is 8.47. The van der Waals surface area contributed by atoms with Gasteiger partial charge in [-0.15, -0.1) is 0 Å². The molecule has 0 bridgehead atoms. The predicted molar refractivity (Wildman–Crippen MR) is 80.4 cm³/mol. The standard InChI is InChI=1S/C17H14FNO2S/c1-11-2-8-14(9-3-11)22(20,21)17-15(10-19)16(17)12-4-6-13(18)7-5-12/h2-9,15-17H,1H3/t15-,16+,17-/m1/s1. The van der Waals surface area contributed by atoms with E-state index >= 15 is 0 Å². The van der Waals surface area contributed by atoms with E-state index < -0.39 is 26.9 Å². The molecule has 0 aliphatic heterocycles. The van der Waals surface area contributed by atoms with Gasteiger partial charge < -0.3 is 0 Å². The highest BCUT2D eigenvalue weighted by Gasteiger charge is 2.59. The lowest BCUT2D eigenvalue weighted by Gasteiger charge is -2.04. The molecule has 5 heteroatoms. The highest BCUT2D eigenvalue weighted by molar-refractivity contribution is 7.92. The molecule has 3 nitrogen and oxygen atoms in total. The van der Waals surface area contributed by atoms with Crippen molar-refractivity contribution in [3.8, 4) is 6.07 Å². The molecule has 22 heavy (non-hydrogen) atoms. The number of rotatable bonds is 3. The van der Waals surface area contributed by atoms with Crippen molar-refractivity contribution < 1.29 is 12.8 Å². The van der Waals surface area contributed by atoms with Crippen molar-refractivity contribution in [1.82, 2.24) is 0 Å². The quantitative estimate of drug-likeness (QED) is 0.874. The van der Waals surface area contributed by atoms with Gasteiger partial charge in [0, 0.05) is 5.92 Å². The zero-order chi connectivity index (χ0) is 15.9. The fraction of sp³-hybridized carbons (Fsp3) is 0.235. The second-order valence-electron chi connectivity index (χ2n) is 5.55. The summed E-state index contributed by atoms with van der Waals surface area (Å²) in [6, 6.07) is 14.4. The van der Waals surface area contributed by atoms with E-state index in [1.807, 2.05) is 6.92 Å². The lowest BCUT2D eigenvalue weighted by molar-refractivity contribution is 0.593. The number of benzene rings is 2. The van der Waals surface area contributed by atoms with Crippen molar-refractivity contribution in [2.45, 2.75) is 23.0 Å². The molecule has 2 aromatic carbocycles. The van der Waals surface area contributed by atoms with Crippen molar-refractivity contribution in [2.75, 3.05) is 0 Å². The Kier molecular flexibility index (Phi) is 3.50. The minimum atomic E-state index is -3.57. The number of halogens is 1. The number of nitriles is 1. The Morgan fingerprint density at radius 2 is 1.64 bits per heavy atom. The van der Waals surface area contributed by atoms with Gasteiger partial charge in [-0.05, 0) is 36.8 Å². The van der Waals surface area contributed by atoms with Crippen molar-refractivity contribution in [3.05, 3.63) is 65.5 Å². The molecule has 1 saturated carbocycles. The van der Waals surface area contributed by atoms with E-state index in [-0.39, 0.29) is 10.7 Å². The molecule has 0 spiro atoms. The topological polar surface area (TPSA) is 57.9 Å². The van der Waals surface area contributed by atoms with Gasteiger partial charge in [-0.1, -0.05) is 29.8 Å². The third-order valence-corrected chi connectivity index (χ3v) is 6.30. The molecule has 1 aliphatic carbocycles. The fourth-order valence-electron chi connectivity index (χ4n) is 2.79. The van der Waals surface area contributed by atoms with Gasteiger partial charge in [-0.3, -0.25) is 0 Å². The third-order valence-electron chi connectivity index (χ3n) is 4.07. The maximum atomic E-state index is 13.0. The smallest absolute Gasteiger partial charge is 0.183 e. The molecule has 1 aliphatic rings. The van der Waals surface area contributed by atoms with E-state index in [9.17, 15) is 18.1 Å². The van der Waals surface area contributed by atoms with Crippen LogP contribution in [0.25, 0.3) is 0 Å². The number of sulfone groups is 1. The number of hydrogen-bond donors (Lipinski definition) is 0. The SMILES string of the molecule is Cc1ccc(S(=O)(=O)[C@@H]2[C@H](C#N)[C@@H]2c2ccc(F)cc2)cc1. The van der Waals surface area contributed by atoms with Gasteiger partial charge in [-0.2, -0.15) is 5.26 Å². The van der Waals surface area contributed by atoms with E-state index in [0.717, 1.165) is 5.56 Å². The minimum absolute atomic E-state index is 0.230. The minimum Gasteiger partial charge on any atom is -0.223 e. The summed E-state index contributed by atoms with van der Waals surface area (Å²) in [5.74, 6) is -1.36. The molecular weight excluding hydrogens is 301 g/mol. The Bertz CT molecular complexity index is 836. The first-order chi connectivity index (χ1) is 10.4. The van der Waals surface area contributed by atoms with Crippen LogP contribution in [0.5, 0.6) is 0 Å². The second-order valence-corrected chi connectivity index (χ2v) is 7.66. The molecule has 2 aromatic rings. The van der Waals surface area contributed by atoms with Crippen molar-refractivity contribution in [1.29, 1.82) is 5.26 Å². The van der Waals surface area contributed by atoms with Crippen LogP contribution >= 0.6 is 0 Å². The molecule has 0 saturated heterocycles. The average Bonchev–Trinajstić information content (AvgIpc) is 3.24. The molecule has 0 unspecified atom stereocenters. The Labute approximate surface area is 128 Å². The van der Waals surface area contributed by atoms with Gasteiger partial charge in [0.1, 0.15) is 5.82 Å². The van der Waals surface area contributed by atoms with E-state index in [2.05, 4.69) is 6.07 Å². The van der Waals surface area contributed by atoms with E-state index in [4.69, 9.17) is 0 Å². The van der Waals surface area contributed by atoms with Crippen LogP contribution in [0.15, 0.2) is 53.4 Å². The summed E-state index contributed by atoms with van der Waals surface area (Å²) in [6.07, 6.45) is 0. The van der Waals surface area contributed by atoms with Crippen LogP contribution in [-0.2, 0) is 9.84 Å². The van der Waals surface area contributed by atoms with Crippen LogP contribution in [0.3, 0.4) is 0 Å². The molecular formula is C17H14FNO2S. The van der Waals surface area contributed by atoms with Crippen LogP contribution in [-0.4, -0.2) is 13.7 Å². The summed E-state index contributed by atoms with van der Waals surface area (Å²) in [7, 11) is -3.57. The fourth-order valence-corrected chi connectivity index (χ4v) is 4.86. The summed E-state index contributed by atoms with van der Waals surface area (Å²) >= 11 is 0. The Morgan fingerprint density at radius 3 is 2.18 bits per heavy atom. The first-order valence-corrected chi connectivity index (χ1v) is 8.45. The number of aryl methyl sites for hydroxylation is 1. The van der Waals surface area contributed by atoms with Crippen LogP contribution in [0.4, 0.5) is 4.39 Å². The molecule has 0 aromatic heterocycles. The molecule has 0 amide bonds. The van der Waals surface area contributed by atoms with Gasteiger partial charge in [0.15, 0.2) is 9.84 Å². The normalized spacial score (nSPS) is 23.8. The predicted octanol–water partition coefficient (Wildman–Crippen LogP) is 3.21. The van der Waals surface area contributed by atoms with Gasteiger partial charge >= 0.3 is 0 Å². The number of nitrogens with zero attached hydrogens (tertiary/aromatic N) is 1. The molecule has 3 rings (SSSR count). The zero-order valence-corrected chi connectivity index (χ0v) is 12.7. The second kappa shape index (κ2) is 5.22. The zero-order valence-electron chi connectivity index (χ0n) is 11.9. The Morgan fingerprint density at radius 1 is 1.05 bits per heavy atom. The first-order valence-electron chi connectivity index (χ1n) is 6.91. The highest BCUT2D eigenvalue weighted by atomic mass is 32.2. The van der Waals surface area contributed by atoms with E-state index in [0.29, 0.717) is 5.56 Å². The van der Waals surface area contributed by atoms with Crippen molar-refractivity contribution >= 4 is 9.84 Å². The van der Waals surface area contributed by atoms with E-state index in [1.165, 1.54) is 12.1 Å². The van der Waals surface area contributed by atoms with Crippen LogP contribution in [0, 0.1) is 30.0 Å². The maximum absolute atomic E-state index is 13.0. The molecule has 0 N–H and O–H groups in total. The van der Waals surface area contributed by atoms with Crippen LogP contribution < -0.4 is 0 Å². The molecule has 3 atom stereocenters. The summed E-state index contributed by atoms with van der Waals surface area (Å²) < 4.78 is 38.4. The molecule has 0 heterocycles. The number of hydrogen-bond acceptors (Lipinski definition) is 3. The molecule has 1 fully saturated rings. The summed E-state index contributed by atoms with van der Waals surface area (Å²) in [5.41, 5.74) is 1.66. The van der Waals surface area contributed by atoms with Crippen molar-refractivity contribution in [2.24, 2.45) is 5.92 Å². The first kappa shape index (κ1) is 14.7. The molecule has 0 radical (unpaired) electrons. The van der Waals surface area contributed by atoms with Crippen LogP contribution in [0.2, 0.25) is 0 Å². The third kappa shape index (κ3) is 2.40. The van der Waals surface area contributed by atoms with Gasteiger partial charge in [0.25, 0.3) is 0 Å². The monoisotopic (exact) mass is 315 g/mol. The average molecular weight is 315 g/mol. The van der Waals surface area contributed by atoms with Crippen LogP contribution in [0.1, 0.15) is 17.0 Å². The van der Waals surface area contributed by atoms with Gasteiger partial charge in [0.2, 0.25) is 0 Å². The van der Waals surface area contributed by atoms with E-state index in [1.54, 1.807) is 36.4 Å². The summed E-state index contributed by atoms with van der Waals surface area (Å²) in [4.78, 5) is 0.230. The largest absolute Gasteiger partial charge is 0.223 e. The lowest BCUT2D eigenvalue weighted by atomic mass is 10.1.